The molecule has 0 fully saturated rings. The summed E-state index contributed by atoms with van der Waals surface area (Å²) >= 11 is 1.37. The lowest BCUT2D eigenvalue weighted by atomic mass is 10.1. The molecule has 4 aromatic rings. The van der Waals surface area contributed by atoms with E-state index in [1.807, 2.05) is 67.8 Å². The molecule has 0 radical (unpaired) electrons. The molecule has 1 N–H and O–H groups in total. The molecule has 2 aromatic heterocycles. The quantitative estimate of drug-likeness (QED) is 0.466. The monoisotopic (exact) mass is 418 g/mol. The Hall–Kier alpha value is -3.45. The maximum Gasteiger partial charge on any atom is 0.268 e. The van der Waals surface area contributed by atoms with Crippen LogP contribution in [0.25, 0.3) is 0 Å². The van der Waals surface area contributed by atoms with Crippen molar-refractivity contribution in [3.63, 3.8) is 0 Å². The average Bonchev–Trinajstić information content (AvgIpc) is 3.36. The van der Waals surface area contributed by atoms with E-state index in [1.54, 1.807) is 11.0 Å². The number of carbonyl (C=O) groups is 1. The van der Waals surface area contributed by atoms with E-state index >= 15 is 0 Å². The highest BCUT2D eigenvalue weighted by molar-refractivity contribution is 7.12. The van der Waals surface area contributed by atoms with E-state index in [0.717, 1.165) is 28.0 Å². The summed E-state index contributed by atoms with van der Waals surface area (Å²) in [4.78, 5) is 17.3. The zero-order valence-electron chi connectivity index (χ0n) is 16.8. The van der Waals surface area contributed by atoms with Crippen LogP contribution in [-0.2, 0) is 13.2 Å². The molecular weight excluding hydrogens is 396 g/mol. The van der Waals surface area contributed by atoms with Crippen molar-refractivity contribution < 1.29 is 9.53 Å². The molecule has 0 aliphatic heterocycles. The first-order valence-corrected chi connectivity index (χ1v) is 10.5. The molecule has 152 valence electrons. The Kier molecular flexibility index (Phi) is 5.90. The van der Waals surface area contributed by atoms with Crippen molar-refractivity contribution in [1.29, 1.82) is 0 Å². The molecule has 0 saturated heterocycles. The molecule has 1 amide bonds. The van der Waals surface area contributed by atoms with Crippen LogP contribution in [0.1, 0.15) is 31.9 Å². The largest absolute Gasteiger partial charge is 0.489 e. The van der Waals surface area contributed by atoms with Crippen LogP contribution in [0.3, 0.4) is 0 Å². The van der Waals surface area contributed by atoms with Crippen molar-refractivity contribution in [2.45, 2.75) is 27.0 Å². The maximum absolute atomic E-state index is 12.5. The van der Waals surface area contributed by atoms with Gasteiger partial charge in [0.1, 0.15) is 18.7 Å². The molecule has 0 aliphatic rings. The number of benzene rings is 2. The highest BCUT2D eigenvalue weighted by Crippen LogP contribution is 2.21. The van der Waals surface area contributed by atoms with E-state index in [-0.39, 0.29) is 11.9 Å². The van der Waals surface area contributed by atoms with Gasteiger partial charge in [-0.25, -0.2) is 9.67 Å². The van der Waals surface area contributed by atoms with Gasteiger partial charge >= 0.3 is 0 Å². The van der Waals surface area contributed by atoms with Crippen molar-refractivity contribution >= 4 is 23.2 Å². The fourth-order valence-corrected chi connectivity index (χ4v) is 3.91. The molecule has 0 unspecified atom stereocenters. The summed E-state index contributed by atoms with van der Waals surface area (Å²) in [6.07, 6.45) is 1.61. The minimum atomic E-state index is -0.227. The third-order valence-corrected chi connectivity index (χ3v) is 5.41. The Morgan fingerprint density at radius 3 is 2.60 bits per heavy atom. The van der Waals surface area contributed by atoms with Crippen molar-refractivity contribution in [1.82, 2.24) is 14.8 Å². The Bertz CT molecular complexity index is 1130. The minimum absolute atomic E-state index is 0.227. The molecule has 7 heteroatoms. The summed E-state index contributed by atoms with van der Waals surface area (Å²) < 4.78 is 7.57. The third-order valence-electron chi connectivity index (χ3n) is 4.43. The number of nitrogens with zero attached hydrogens (tertiary/aromatic N) is 3. The van der Waals surface area contributed by atoms with Crippen LogP contribution in [0.5, 0.6) is 5.75 Å². The Labute approximate surface area is 179 Å². The Balaban J connectivity index is 1.34. The van der Waals surface area contributed by atoms with Crippen LogP contribution in [0.2, 0.25) is 0 Å². The molecule has 30 heavy (non-hydrogen) atoms. The van der Waals surface area contributed by atoms with Gasteiger partial charge < -0.3 is 4.74 Å². The molecule has 2 heterocycles. The summed E-state index contributed by atoms with van der Waals surface area (Å²) in [6.45, 7) is 5.10. The van der Waals surface area contributed by atoms with Gasteiger partial charge in [0.05, 0.1) is 11.4 Å². The summed E-state index contributed by atoms with van der Waals surface area (Å²) in [7, 11) is 0. The summed E-state index contributed by atoms with van der Waals surface area (Å²) in [5.74, 6) is 0.894. The number of hydrogen-bond acceptors (Lipinski definition) is 5. The molecular formula is C23H22N4O2S. The van der Waals surface area contributed by atoms with Crippen LogP contribution in [0, 0.1) is 13.8 Å². The van der Waals surface area contributed by atoms with E-state index in [4.69, 9.17) is 4.74 Å². The number of amides is 1. The molecule has 4 rings (SSSR count). The number of thiophene rings is 1. The van der Waals surface area contributed by atoms with Crippen molar-refractivity contribution in [2.24, 2.45) is 0 Å². The van der Waals surface area contributed by atoms with E-state index in [1.165, 1.54) is 11.3 Å². The smallest absolute Gasteiger partial charge is 0.268 e. The second-order valence-electron chi connectivity index (χ2n) is 7.14. The number of nitrogens with one attached hydrogen (secondary N) is 1. The van der Waals surface area contributed by atoms with Crippen LogP contribution < -0.4 is 10.1 Å². The van der Waals surface area contributed by atoms with Crippen molar-refractivity contribution in [3.05, 3.63) is 93.4 Å². The Morgan fingerprint density at radius 2 is 1.83 bits per heavy atom. The standard InChI is InChI=1S/C23H22N4O2S/c1-16-8-17(2)10-20(9-16)29-13-19-11-21(30-14-19)22(28)25-23-24-15-27(26-23)12-18-6-4-3-5-7-18/h3-11,14-15H,12-13H2,1-2H3,(H,25,26,28). The first kappa shape index (κ1) is 19.8. The highest BCUT2D eigenvalue weighted by Gasteiger charge is 2.12. The molecule has 6 nitrogen and oxygen atoms in total. The molecule has 0 saturated carbocycles. The lowest BCUT2D eigenvalue weighted by Crippen LogP contribution is -2.12. The lowest BCUT2D eigenvalue weighted by Gasteiger charge is -2.07. The third kappa shape index (κ3) is 5.12. The second kappa shape index (κ2) is 8.92. The zero-order valence-corrected chi connectivity index (χ0v) is 17.6. The SMILES string of the molecule is Cc1cc(C)cc(OCc2csc(C(=O)Nc3ncn(Cc4ccccc4)n3)c2)c1. The van der Waals surface area contributed by atoms with E-state index in [2.05, 4.69) is 21.5 Å². The number of aryl methyl sites for hydroxylation is 2. The van der Waals surface area contributed by atoms with Gasteiger partial charge in [-0.15, -0.1) is 16.4 Å². The number of ether oxygens (including phenoxy) is 1. The molecule has 0 spiro atoms. The molecule has 0 bridgehead atoms. The number of hydrogen-bond donors (Lipinski definition) is 1. The van der Waals surface area contributed by atoms with Crippen molar-refractivity contribution in [3.8, 4) is 5.75 Å². The van der Waals surface area contributed by atoms with Gasteiger partial charge in [-0.1, -0.05) is 36.4 Å². The number of anilines is 1. The van der Waals surface area contributed by atoms with E-state index < -0.39 is 0 Å². The van der Waals surface area contributed by atoms with E-state index in [0.29, 0.717) is 18.0 Å². The normalized spacial score (nSPS) is 10.7. The van der Waals surface area contributed by atoms with Crippen LogP contribution in [0.4, 0.5) is 5.95 Å². The Morgan fingerprint density at radius 1 is 1.07 bits per heavy atom. The first-order chi connectivity index (χ1) is 14.5. The molecule has 0 atom stereocenters. The predicted octanol–water partition coefficient (Wildman–Crippen LogP) is 4.84. The summed E-state index contributed by atoms with van der Waals surface area (Å²) in [5, 5.41) is 9.01. The number of rotatable bonds is 7. The van der Waals surface area contributed by atoms with Gasteiger partial charge in [-0.2, -0.15) is 0 Å². The first-order valence-electron chi connectivity index (χ1n) is 9.58. The van der Waals surface area contributed by atoms with Gasteiger partial charge in [0, 0.05) is 5.56 Å². The van der Waals surface area contributed by atoms with Crippen molar-refractivity contribution in [2.75, 3.05) is 5.32 Å². The molecule has 0 aliphatic carbocycles. The number of aromatic nitrogens is 3. The maximum atomic E-state index is 12.5. The fourth-order valence-electron chi connectivity index (χ4n) is 3.11. The predicted molar refractivity (Wildman–Crippen MR) is 118 cm³/mol. The summed E-state index contributed by atoms with van der Waals surface area (Å²) in [5.41, 5.74) is 4.39. The van der Waals surface area contributed by atoms with Crippen LogP contribution in [0.15, 0.2) is 66.3 Å². The minimum Gasteiger partial charge on any atom is -0.489 e. The van der Waals surface area contributed by atoms with Gasteiger partial charge in [-0.05, 0) is 54.1 Å². The lowest BCUT2D eigenvalue weighted by molar-refractivity contribution is 0.102. The van der Waals surface area contributed by atoms with Gasteiger partial charge in [0.15, 0.2) is 0 Å². The van der Waals surface area contributed by atoms with E-state index in [9.17, 15) is 4.79 Å². The average molecular weight is 419 g/mol. The topological polar surface area (TPSA) is 69.0 Å². The van der Waals surface area contributed by atoms with Gasteiger partial charge in [0.25, 0.3) is 5.91 Å². The fraction of sp³-hybridized carbons (Fsp3) is 0.174. The summed E-state index contributed by atoms with van der Waals surface area (Å²) in [6, 6.07) is 17.9. The van der Waals surface area contributed by atoms with Crippen LogP contribution in [-0.4, -0.2) is 20.7 Å². The zero-order chi connectivity index (χ0) is 20.9. The molecule has 2 aromatic carbocycles. The second-order valence-corrected chi connectivity index (χ2v) is 8.05. The highest BCUT2D eigenvalue weighted by atomic mass is 32.1. The number of carbonyl (C=O) groups excluding carboxylic acids is 1. The van der Waals surface area contributed by atoms with Gasteiger partial charge in [-0.3, -0.25) is 10.1 Å². The van der Waals surface area contributed by atoms with Gasteiger partial charge in [0.2, 0.25) is 5.95 Å². The van der Waals surface area contributed by atoms with Crippen LogP contribution >= 0.6 is 11.3 Å².